The van der Waals surface area contributed by atoms with Gasteiger partial charge in [-0.15, -0.1) is 0 Å². The highest BCUT2D eigenvalue weighted by Gasteiger charge is 2.21. The molecule has 2 aromatic heterocycles. The molecule has 5 nitrogen and oxygen atoms in total. The molecule has 0 unspecified atom stereocenters. The molecule has 0 aliphatic carbocycles. The maximum atomic E-state index is 12.7. The summed E-state index contributed by atoms with van der Waals surface area (Å²) in [5.74, 6) is 0.878. The highest BCUT2D eigenvalue weighted by atomic mass is 16.2. The smallest absolute Gasteiger partial charge is 0.259 e. The van der Waals surface area contributed by atoms with E-state index >= 15 is 0 Å². The second-order valence-corrected chi connectivity index (χ2v) is 4.89. The summed E-state index contributed by atoms with van der Waals surface area (Å²) < 4.78 is 3.67. The van der Waals surface area contributed by atoms with E-state index in [0.29, 0.717) is 5.56 Å². The fourth-order valence-electron chi connectivity index (χ4n) is 2.39. The van der Waals surface area contributed by atoms with Crippen molar-refractivity contribution in [3.05, 3.63) is 36.3 Å². The predicted molar refractivity (Wildman–Crippen MR) is 79.0 cm³/mol. The van der Waals surface area contributed by atoms with Crippen LogP contribution >= 0.6 is 0 Å². The molecule has 0 bridgehead atoms. The van der Waals surface area contributed by atoms with Gasteiger partial charge in [-0.3, -0.25) is 9.48 Å². The van der Waals surface area contributed by atoms with Crippen molar-refractivity contribution in [3.8, 4) is 5.82 Å². The summed E-state index contributed by atoms with van der Waals surface area (Å²) in [6.45, 7) is 5.75. The van der Waals surface area contributed by atoms with Gasteiger partial charge in [-0.05, 0) is 25.0 Å². The van der Waals surface area contributed by atoms with Crippen LogP contribution < -0.4 is 0 Å². The predicted octanol–water partition coefficient (Wildman–Crippen LogP) is 2.47. The summed E-state index contributed by atoms with van der Waals surface area (Å²) in [6, 6.07) is 3.88. The van der Waals surface area contributed by atoms with E-state index in [-0.39, 0.29) is 5.91 Å². The highest BCUT2D eigenvalue weighted by Crippen LogP contribution is 2.16. The monoisotopic (exact) mass is 274 g/mol. The molecule has 0 atom stereocenters. The van der Waals surface area contributed by atoms with Gasteiger partial charge >= 0.3 is 0 Å². The second kappa shape index (κ2) is 6.41. The zero-order valence-corrected chi connectivity index (χ0v) is 12.4. The second-order valence-electron chi connectivity index (χ2n) is 4.89. The van der Waals surface area contributed by atoms with Crippen LogP contribution in [0.4, 0.5) is 0 Å². The van der Waals surface area contributed by atoms with E-state index in [0.717, 1.165) is 31.7 Å². The largest absolute Gasteiger partial charge is 0.339 e. The third kappa shape index (κ3) is 2.76. The van der Waals surface area contributed by atoms with Gasteiger partial charge in [0.05, 0.1) is 6.20 Å². The average molecular weight is 274 g/mol. The van der Waals surface area contributed by atoms with Crippen LogP contribution in [0.1, 0.15) is 37.0 Å². The lowest BCUT2D eigenvalue weighted by Gasteiger charge is -2.21. The molecule has 2 heterocycles. The zero-order valence-electron chi connectivity index (χ0n) is 12.4. The summed E-state index contributed by atoms with van der Waals surface area (Å²) in [4.78, 5) is 14.6. The lowest BCUT2D eigenvalue weighted by molar-refractivity contribution is 0.0755. The Hall–Kier alpha value is -2.04. The highest BCUT2D eigenvalue weighted by molar-refractivity contribution is 5.97. The molecule has 2 rings (SSSR count). The summed E-state index contributed by atoms with van der Waals surface area (Å²) in [6.07, 6.45) is 7.45. The number of nitrogens with zero attached hydrogens (tertiary/aromatic N) is 4. The van der Waals surface area contributed by atoms with Gasteiger partial charge in [0, 0.05) is 32.5 Å². The van der Waals surface area contributed by atoms with E-state index in [9.17, 15) is 4.79 Å². The van der Waals surface area contributed by atoms with Crippen LogP contribution in [0.3, 0.4) is 0 Å². The molecule has 5 heteroatoms. The summed E-state index contributed by atoms with van der Waals surface area (Å²) in [5, 5.41) is 4.24. The van der Waals surface area contributed by atoms with Crippen molar-refractivity contribution in [3.63, 3.8) is 0 Å². The van der Waals surface area contributed by atoms with E-state index < -0.39 is 0 Å². The van der Waals surface area contributed by atoms with E-state index in [2.05, 4.69) is 18.9 Å². The van der Waals surface area contributed by atoms with Gasteiger partial charge in [0.2, 0.25) is 0 Å². The Labute approximate surface area is 119 Å². The molecule has 0 aliphatic rings. The van der Waals surface area contributed by atoms with Crippen molar-refractivity contribution >= 4 is 5.91 Å². The van der Waals surface area contributed by atoms with Crippen LogP contribution in [0.15, 0.2) is 30.7 Å². The van der Waals surface area contributed by atoms with E-state index in [1.807, 2.05) is 41.0 Å². The average Bonchev–Trinajstić information content (AvgIpc) is 3.06. The minimum atomic E-state index is 0.0606. The van der Waals surface area contributed by atoms with Crippen molar-refractivity contribution in [2.75, 3.05) is 13.1 Å². The number of aryl methyl sites for hydroxylation is 1. The number of carbonyl (C=O) groups excluding carboxylic acids is 1. The quantitative estimate of drug-likeness (QED) is 0.812. The van der Waals surface area contributed by atoms with Crippen LogP contribution in [0.2, 0.25) is 0 Å². The van der Waals surface area contributed by atoms with Crippen molar-refractivity contribution in [2.45, 2.75) is 26.7 Å². The molecular formula is C15H22N4O. The third-order valence-corrected chi connectivity index (χ3v) is 3.26. The van der Waals surface area contributed by atoms with Gasteiger partial charge in [-0.25, -0.2) is 0 Å². The van der Waals surface area contributed by atoms with Gasteiger partial charge in [-0.2, -0.15) is 5.10 Å². The molecule has 108 valence electrons. The standard InChI is InChI=1S/C15H22N4O/c1-4-8-19(9-5-2)15(20)13-12-16-17(3)14(13)18-10-6-7-11-18/h6-7,10-12H,4-5,8-9H2,1-3H3. The van der Waals surface area contributed by atoms with Crippen LogP contribution in [0, 0.1) is 0 Å². The lowest BCUT2D eigenvalue weighted by atomic mass is 10.2. The van der Waals surface area contributed by atoms with Crippen molar-refractivity contribution < 1.29 is 4.79 Å². The molecule has 1 amide bonds. The van der Waals surface area contributed by atoms with Crippen molar-refractivity contribution in [1.82, 2.24) is 19.2 Å². The molecular weight excluding hydrogens is 252 g/mol. The summed E-state index contributed by atoms with van der Waals surface area (Å²) in [5.41, 5.74) is 0.658. The maximum Gasteiger partial charge on any atom is 0.259 e. The molecule has 20 heavy (non-hydrogen) atoms. The molecule has 0 aliphatic heterocycles. The fourth-order valence-corrected chi connectivity index (χ4v) is 2.39. The van der Waals surface area contributed by atoms with E-state index in [4.69, 9.17) is 0 Å². The Morgan fingerprint density at radius 1 is 1.20 bits per heavy atom. The molecule has 0 radical (unpaired) electrons. The molecule has 0 spiro atoms. The maximum absolute atomic E-state index is 12.7. The first-order valence-electron chi connectivity index (χ1n) is 7.13. The number of rotatable bonds is 6. The molecule has 0 fully saturated rings. The molecule has 0 N–H and O–H groups in total. The van der Waals surface area contributed by atoms with E-state index in [1.165, 1.54) is 0 Å². The Bertz CT molecular complexity index is 550. The first kappa shape index (κ1) is 14.4. The molecule has 0 saturated carbocycles. The topological polar surface area (TPSA) is 43.1 Å². The Morgan fingerprint density at radius 2 is 1.80 bits per heavy atom. The van der Waals surface area contributed by atoms with Gasteiger partial charge in [-0.1, -0.05) is 13.8 Å². The summed E-state index contributed by atoms with van der Waals surface area (Å²) >= 11 is 0. The Morgan fingerprint density at radius 3 is 2.35 bits per heavy atom. The van der Waals surface area contributed by atoms with Crippen LogP contribution in [0.5, 0.6) is 0 Å². The Balaban J connectivity index is 2.35. The fraction of sp³-hybridized carbons (Fsp3) is 0.467. The van der Waals surface area contributed by atoms with Crippen LogP contribution in [-0.2, 0) is 7.05 Å². The van der Waals surface area contributed by atoms with Gasteiger partial charge in [0.25, 0.3) is 5.91 Å². The SMILES string of the molecule is CCCN(CCC)C(=O)c1cnn(C)c1-n1cccc1. The first-order chi connectivity index (χ1) is 9.69. The minimum Gasteiger partial charge on any atom is -0.339 e. The van der Waals surface area contributed by atoms with E-state index in [1.54, 1.807) is 10.9 Å². The number of amides is 1. The van der Waals surface area contributed by atoms with Crippen molar-refractivity contribution in [2.24, 2.45) is 7.05 Å². The summed E-state index contributed by atoms with van der Waals surface area (Å²) in [7, 11) is 1.86. The van der Waals surface area contributed by atoms with Crippen molar-refractivity contribution in [1.29, 1.82) is 0 Å². The number of aromatic nitrogens is 3. The van der Waals surface area contributed by atoms with Crippen LogP contribution in [0.25, 0.3) is 5.82 Å². The number of carbonyl (C=O) groups is 1. The molecule has 0 saturated heterocycles. The minimum absolute atomic E-state index is 0.0606. The zero-order chi connectivity index (χ0) is 14.5. The van der Waals surface area contributed by atoms with Crippen LogP contribution in [-0.4, -0.2) is 38.2 Å². The normalized spacial score (nSPS) is 10.8. The number of hydrogen-bond acceptors (Lipinski definition) is 2. The van der Waals surface area contributed by atoms with Gasteiger partial charge in [0.15, 0.2) is 0 Å². The van der Waals surface area contributed by atoms with Gasteiger partial charge < -0.3 is 9.47 Å². The lowest BCUT2D eigenvalue weighted by Crippen LogP contribution is -2.33. The molecule has 0 aromatic carbocycles. The first-order valence-corrected chi connectivity index (χ1v) is 7.13. The number of hydrogen-bond donors (Lipinski definition) is 0. The molecule has 2 aromatic rings. The van der Waals surface area contributed by atoms with Gasteiger partial charge in [0.1, 0.15) is 11.4 Å². The Kier molecular flexibility index (Phi) is 4.61. The third-order valence-electron chi connectivity index (χ3n) is 3.26.